The number of nitrogens with two attached hydrogens (primary N) is 2. The summed E-state index contributed by atoms with van der Waals surface area (Å²) in [4.78, 5) is 23.9. The molecule has 0 unspecified atom stereocenters. The molecule has 7 nitrogen and oxygen atoms in total. The van der Waals surface area contributed by atoms with Crippen LogP contribution >= 0.6 is 0 Å². The van der Waals surface area contributed by atoms with Crippen molar-refractivity contribution in [1.29, 1.82) is 0 Å². The molecule has 0 saturated heterocycles. The third kappa shape index (κ3) is 9.04. The first-order chi connectivity index (χ1) is 18.2. The molecule has 2 aromatic rings. The first-order valence-electron chi connectivity index (χ1n) is 13.0. The molecule has 0 atom stereocenters. The minimum atomic E-state index is -3.22. The maximum atomic E-state index is 14.7. The Kier molecular flexibility index (Phi) is 10.5. The van der Waals surface area contributed by atoms with E-state index in [1.54, 1.807) is 12.1 Å². The molecule has 1 saturated carbocycles. The van der Waals surface area contributed by atoms with Crippen LogP contribution in [0.2, 0.25) is 0 Å². The van der Waals surface area contributed by atoms with Crippen LogP contribution in [0.15, 0.2) is 48.5 Å². The van der Waals surface area contributed by atoms with Crippen LogP contribution < -0.4 is 16.2 Å². The maximum absolute atomic E-state index is 14.7. The average Bonchev–Trinajstić information content (AvgIpc) is 2.89. The van der Waals surface area contributed by atoms with E-state index in [-0.39, 0.29) is 24.5 Å². The van der Waals surface area contributed by atoms with Crippen molar-refractivity contribution >= 4 is 29.4 Å². The Balaban J connectivity index is 1.39. The second kappa shape index (κ2) is 13.8. The van der Waals surface area contributed by atoms with Crippen LogP contribution in [0.1, 0.15) is 67.8 Å². The molecular weight excluding hydrogens is 494 g/mol. The Hall–Kier alpha value is -3.62. The number of ether oxygens (including phenoxy) is 3. The topological polar surface area (TPSA) is 114 Å². The molecule has 0 aromatic heterocycles. The monoisotopic (exact) mass is 530 g/mol. The minimum Gasteiger partial charge on any atom is -0.459 e. The lowest BCUT2D eigenvalue weighted by Crippen LogP contribution is -2.37. The van der Waals surface area contributed by atoms with Gasteiger partial charge in [0.05, 0.1) is 11.5 Å². The van der Waals surface area contributed by atoms with E-state index in [1.807, 2.05) is 0 Å². The highest BCUT2D eigenvalue weighted by molar-refractivity contribution is 5.91. The fourth-order valence-corrected chi connectivity index (χ4v) is 4.53. The molecule has 0 bridgehead atoms. The van der Waals surface area contributed by atoms with Crippen LogP contribution in [-0.2, 0) is 14.3 Å². The molecule has 0 amide bonds. The number of rotatable bonds is 12. The lowest BCUT2D eigenvalue weighted by Gasteiger charge is -2.33. The van der Waals surface area contributed by atoms with Gasteiger partial charge in [0.1, 0.15) is 19.0 Å². The number of esters is 2. The van der Waals surface area contributed by atoms with Crippen LogP contribution in [0.4, 0.5) is 20.2 Å². The standard InChI is InChI=1S/C29H36F2N2O5/c1-2-3-4-20-5-10-23(11-6-20)29(30,31)38-26-12-7-21(8-13-26)9-14-27(34)36-15-16-37-28(35)22-17-24(32)19-25(33)18-22/h7-9,12-14,17-20,23H,2-6,10-11,15-16,32-33H2,1H3. The zero-order valence-corrected chi connectivity index (χ0v) is 21.7. The Labute approximate surface area is 222 Å². The molecule has 0 aliphatic heterocycles. The zero-order valence-electron chi connectivity index (χ0n) is 21.7. The van der Waals surface area contributed by atoms with E-state index >= 15 is 0 Å². The third-order valence-corrected chi connectivity index (χ3v) is 6.61. The molecule has 1 aliphatic carbocycles. The molecule has 2 aromatic carbocycles. The number of carbonyl (C=O) groups is 2. The van der Waals surface area contributed by atoms with E-state index in [0.717, 1.165) is 32.1 Å². The van der Waals surface area contributed by atoms with Gasteiger partial charge in [-0.1, -0.05) is 38.3 Å². The molecule has 38 heavy (non-hydrogen) atoms. The van der Waals surface area contributed by atoms with E-state index in [9.17, 15) is 18.4 Å². The fraction of sp³-hybridized carbons (Fsp3) is 0.448. The molecule has 3 rings (SSSR count). The number of hydrogen-bond donors (Lipinski definition) is 2. The van der Waals surface area contributed by atoms with Crippen molar-refractivity contribution < 1.29 is 32.6 Å². The highest BCUT2D eigenvalue weighted by atomic mass is 19.3. The number of halogens is 2. The van der Waals surface area contributed by atoms with Crippen molar-refractivity contribution in [1.82, 2.24) is 0 Å². The summed E-state index contributed by atoms with van der Waals surface area (Å²) in [5.74, 6) is -1.44. The normalized spacial score (nSPS) is 17.8. The van der Waals surface area contributed by atoms with E-state index in [2.05, 4.69) is 6.92 Å². The van der Waals surface area contributed by atoms with Gasteiger partial charge in [-0.15, -0.1) is 0 Å². The summed E-state index contributed by atoms with van der Waals surface area (Å²) in [7, 11) is 0. The van der Waals surface area contributed by atoms with Crippen LogP contribution in [0.25, 0.3) is 6.08 Å². The average molecular weight is 531 g/mol. The summed E-state index contributed by atoms with van der Waals surface area (Å²) in [6.45, 7) is 1.85. The molecular formula is C29H36F2N2O5. The van der Waals surface area contributed by atoms with Gasteiger partial charge in [-0.2, -0.15) is 8.78 Å². The Morgan fingerprint density at radius 3 is 2.24 bits per heavy atom. The van der Waals surface area contributed by atoms with Gasteiger partial charge in [0.2, 0.25) is 0 Å². The minimum absolute atomic E-state index is 0.0755. The smallest absolute Gasteiger partial charge is 0.400 e. The van der Waals surface area contributed by atoms with E-state index in [4.69, 9.17) is 25.7 Å². The van der Waals surface area contributed by atoms with E-state index in [1.165, 1.54) is 42.5 Å². The zero-order chi connectivity index (χ0) is 27.5. The number of benzene rings is 2. The molecule has 0 spiro atoms. The molecule has 9 heteroatoms. The number of anilines is 2. The Bertz CT molecular complexity index is 1080. The highest BCUT2D eigenvalue weighted by Gasteiger charge is 2.43. The number of hydrogen-bond acceptors (Lipinski definition) is 7. The summed E-state index contributed by atoms with van der Waals surface area (Å²) in [6, 6.07) is 10.4. The predicted molar refractivity (Wildman–Crippen MR) is 143 cm³/mol. The summed E-state index contributed by atoms with van der Waals surface area (Å²) in [5, 5.41) is 0. The van der Waals surface area contributed by atoms with Crippen LogP contribution in [0.5, 0.6) is 5.75 Å². The fourth-order valence-electron chi connectivity index (χ4n) is 4.53. The number of unbranched alkanes of at least 4 members (excludes halogenated alkanes) is 1. The predicted octanol–water partition coefficient (Wildman–Crippen LogP) is 6.23. The van der Waals surface area contributed by atoms with Crippen molar-refractivity contribution in [2.24, 2.45) is 11.8 Å². The first-order valence-corrected chi connectivity index (χ1v) is 13.0. The second-order valence-electron chi connectivity index (χ2n) is 9.62. The number of carbonyl (C=O) groups excluding carboxylic acids is 2. The Morgan fingerprint density at radius 2 is 1.61 bits per heavy atom. The largest absolute Gasteiger partial charge is 0.459 e. The van der Waals surface area contributed by atoms with Gasteiger partial charge >= 0.3 is 18.0 Å². The molecule has 1 fully saturated rings. The van der Waals surface area contributed by atoms with Crippen LogP contribution in [0.3, 0.4) is 0 Å². The SMILES string of the molecule is CCCCC1CCC(C(F)(F)Oc2ccc(C=CC(=O)OCCOC(=O)c3cc(N)cc(N)c3)cc2)CC1. The summed E-state index contributed by atoms with van der Waals surface area (Å²) in [6.07, 6.45) is 5.45. The van der Waals surface area contributed by atoms with Crippen molar-refractivity contribution in [2.45, 2.75) is 58.0 Å². The molecule has 206 valence electrons. The van der Waals surface area contributed by atoms with Crippen LogP contribution in [-0.4, -0.2) is 31.3 Å². The summed E-state index contributed by atoms with van der Waals surface area (Å²) in [5.41, 5.74) is 12.8. The van der Waals surface area contributed by atoms with Gasteiger partial charge in [0, 0.05) is 17.5 Å². The summed E-state index contributed by atoms with van der Waals surface area (Å²) < 4.78 is 44.5. The van der Waals surface area contributed by atoms with Gasteiger partial charge in [-0.25, -0.2) is 9.59 Å². The highest BCUT2D eigenvalue weighted by Crippen LogP contribution is 2.41. The van der Waals surface area contributed by atoms with E-state index in [0.29, 0.717) is 35.7 Å². The van der Waals surface area contributed by atoms with Gasteiger partial charge < -0.3 is 25.7 Å². The van der Waals surface area contributed by atoms with Crippen molar-refractivity contribution in [3.05, 3.63) is 59.7 Å². The lowest BCUT2D eigenvalue weighted by atomic mass is 9.79. The first kappa shape index (κ1) is 28.9. The number of nitrogen functional groups attached to an aromatic ring is 2. The quantitative estimate of drug-likeness (QED) is 0.145. The van der Waals surface area contributed by atoms with Gasteiger partial charge in [0.25, 0.3) is 0 Å². The lowest BCUT2D eigenvalue weighted by molar-refractivity contribution is -0.223. The molecule has 4 N–H and O–H groups in total. The second-order valence-corrected chi connectivity index (χ2v) is 9.62. The molecule has 0 heterocycles. The molecule has 1 aliphatic rings. The van der Waals surface area contributed by atoms with Gasteiger partial charge in [-0.05, 0) is 73.6 Å². The third-order valence-electron chi connectivity index (χ3n) is 6.61. The summed E-state index contributed by atoms with van der Waals surface area (Å²) >= 11 is 0. The maximum Gasteiger partial charge on any atom is 0.400 e. The number of alkyl halides is 2. The van der Waals surface area contributed by atoms with Crippen molar-refractivity contribution in [3.8, 4) is 5.75 Å². The van der Waals surface area contributed by atoms with Crippen molar-refractivity contribution in [2.75, 3.05) is 24.7 Å². The van der Waals surface area contributed by atoms with Crippen LogP contribution in [0, 0.1) is 11.8 Å². The Morgan fingerprint density at radius 1 is 0.974 bits per heavy atom. The van der Waals surface area contributed by atoms with E-state index < -0.39 is 24.0 Å². The molecule has 0 radical (unpaired) electrons. The van der Waals surface area contributed by atoms with Gasteiger partial charge in [0.15, 0.2) is 0 Å². The van der Waals surface area contributed by atoms with Crippen molar-refractivity contribution in [3.63, 3.8) is 0 Å². The van der Waals surface area contributed by atoms with Gasteiger partial charge in [-0.3, -0.25) is 0 Å².